The molecule has 2 nitrogen and oxygen atoms in total. The van der Waals surface area contributed by atoms with Crippen molar-refractivity contribution < 1.29 is 4.79 Å². The summed E-state index contributed by atoms with van der Waals surface area (Å²) < 4.78 is 1.98. The van der Waals surface area contributed by atoms with E-state index in [1.165, 1.54) is 12.8 Å². The maximum atomic E-state index is 12.4. The van der Waals surface area contributed by atoms with Gasteiger partial charge in [0.2, 0.25) is 0 Å². The van der Waals surface area contributed by atoms with Gasteiger partial charge in [0.15, 0.2) is 0 Å². The van der Waals surface area contributed by atoms with Crippen molar-refractivity contribution in [1.29, 1.82) is 0 Å². The Morgan fingerprint density at radius 3 is 2.82 bits per heavy atom. The molecule has 0 bridgehead atoms. The number of halogens is 2. The average Bonchev–Trinajstić information content (AvgIpc) is 3.12. The Labute approximate surface area is 124 Å². The summed E-state index contributed by atoms with van der Waals surface area (Å²) in [5.41, 5.74) is 0.777. The van der Waals surface area contributed by atoms with Crippen LogP contribution < -0.4 is 0 Å². The lowest BCUT2D eigenvalue weighted by molar-refractivity contribution is 0.0756. The van der Waals surface area contributed by atoms with Gasteiger partial charge in [0, 0.05) is 21.1 Å². The summed E-state index contributed by atoms with van der Waals surface area (Å²) in [7, 11) is 0. The zero-order chi connectivity index (χ0) is 12.4. The third-order valence-corrected chi connectivity index (χ3v) is 4.37. The first kappa shape index (κ1) is 13.3. The van der Waals surface area contributed by atoms with Crippen LogP contribution in [0.5, 0.6) is 0 Å². The second-order valence-corrected chi connectivity index (χ2v) is 6.51. The predicted molar refractivity (Wildman–Crippen MR) is 81.2 cm³/mol. The summed E-state index contributed by atoms with van der Waals surface area (Å²) in [5, 5.41) is 0. The lowest BCUT2D eigenvalue weighted by Crippen LogP contribution is -2.33. The minimum absolute atomic E-state index is 0.143. The van der Waals surface area contributed by atoms with E-state index in [0.29, 0.717) is 0 Å². The lowest BCUT2D eigenvalue weighted by atomic mass is 10.2. The normalized spacial score (nSPS) is 14.8. The van der Waals surface area contributed by atoms with Gasteiger partial charge in [0.1, 0.15) is 0 Å². The fourth-order valence-electron chi connectivity index (χ4n) is 1.80. The molecule has 0 radical (unpaired) electrons. The van der Waals surface area contributed by atoms with Gasteiger partial charge in [-0.25, -0.2) is 0 Å². The SMILES string of the molecule is CCN(CC1CC1)C(=O)c1cc(I)ccc1Br. The number of amides is 1. The number of carbonyl (C=O) groups excluding carboxylic acids is 1. The van der Waals surface area contributed by atoms with Gasteiger partial charge in [0.25, 0.3) is 5.91 Å². The van der Waals surface area contributed by atoms with Crippen LogP contribution in [-0.2, 0) is 0 Å². The van der Waals surface area contributed by atoms with E-state index in [1.54, 1.807) is 0 Å². The largest absolute Gasteiger partial charge is 0.339 e. The summed E-state index contributed by atoms with van der Waals surface area (Å²) in [6.07, 6.45) is 2.55. The molecule has 17 heavy (non-hydrogen) atoms. The van der Waals surface area contributed by atoms with Crippen LogP contribution in [0.3, 0.4) is 0 Å². The highest BCUT2D eigenvalue weighted by molar-refractivity contribution is 14.1. The monoisotopic (exact) mass is 407 g/mol. The molecule has 1 aliphatic carbocycles. The molecule has 1 saturated carbocycles. The van der Waals surface area contributed by atoms with E-state index in [2.05, 4.69) is 38.5 Å². The van der Waals surface area contributed by atoms with Crippen molar-refractivity contribution in [2.45, 2.75) is 19.8 Å². The van der Waals surface area contributed by atoms with Gasteiger partial charge in [0.05, 0.1) is 5.56 Å². The van der Waals surface area contributed by atoms with Crippen molar-refractivity contribution in [3.05, 3.63) is 31.8 Å². The topological polar surface area (TPSA) is 20.3 Å². The molecule has 0 N–H and O–H groups in total. The Morgan fingerprint density at radius 2 is 2.24 bits per heavy atom. The Kier molecular flexibility index (Phi) is 4.47. The summed E-state index contributed by atoms with van der Waals surface area (Å²) in [6, 6.07) is 5.89. The number of rotatable bonds is 4. The molecule has 0 aliphatic heterocycles. The molecular formula is C13H15BrINO. The van der Waals surface area contributed by atoms with Gasteiger partial charge in [-0.15, -0.1) is 0 Å². The zero-order valence-corrected chi connectivity index (χ0v) is 13.5. The molecule has 1 aliphatic rings. The van der Waals surface area contributed by atoms with E-state index < -0.39 is 0 Å². The minimum Gasteiger partial charge on any atom is -0.339 e. The van der Waals surface area contributed by atoms with E-state index in [4.69, 9.17) is 0 Å². The first-order chi connectivity index (χ1) is 8.11. The molecule has 0 spiro atoms. The quantitative estimate of drug-likeness (QED) is 0.692. The second kappa shape index (κ2) is 5.69. The van der Waals surface area contributed by atoms with Gasteiger partial charge in [-0.05, 0) is 82.4 Å². The highest BCUT2D eigenvalue weighted by Gasteiger charge is 2.27. The third kappa shape index (κ3) is 3.44. The van der Waals surface area contributed by atoms with Crippen molar-refractivity contribution in [3.63, 3.8) is 0 Å². The maximum absolute atomic E-state index is 12.4. The van der Waals surface area contributed by atoms with E-state index in [1.807, 2.05) is 30.0 Å². The van der Waals surface area contributed by atoms with Crippen LogP contribution in [0.25, 0.3) is 0 Å². The molecule has 1 amide bonds. The van der Waals surface area contributed by atoms with E-state index in [9.17, 15) is 4.79 Å². The van der Waals surface area contributed by atoms with Gasteiger partial charge in [-0.2, -0.15) is 0 Å². The molecule has 0 aromatic heterocycles. The predicted octanol–water partition coefficient (Wildman–Crippen LogP) is 3.93. The van der Waals surface area contributed by atoms with Crippen LogP contribution >= 0.6 is 38.5 Å². The van der Waals surface area contributed by atoms with E-state index in [-0.39, 0.29) is 5.91 Å². The number of benzene rings is 1. The summed E-state index contributed by atoms with van der Waals surface area (Å²) in [5.74, 6) is 0.880. The summed E-state index contributed by atoms with van der Waals surface area (Å²) >= 11 is 5.70. The van der Waals surface area contributed by atoms with Gasteiger partial charge in [-0.1, -0.05) is 0 Å². The molecule has 1 aromatic rings. The van der Waals surface area contributed by atoms with Crippen LogP contribution in [0.4, 0.5) is 0 Å². The Morgan fingerprint density at radius 1 is 1.53 bits per heavy atom. The number of nitrogens with zero attached hydrogens (tertiary/aromatic N) is 1. The molecule has 2 rings (SSSR count). The van der Waals surface area contributed by atoms with Crippen LogP contribution in [0.1, 0.15) is 30.1 Å². The fourth-order valence-corrected chi connectivity index (χ4v) is 2.71. The van der Waals surface area contributed by atoms with Crippen molar-refractivity contribution in [2.75, 3.05) is 13.1 Å². The van der Waals surface area contributed by atoms with Crippen molar-refractivity contribution >= 4 is 44.4 Å². The minimum atomic E-state index is 0.143. The van der Waals surface area contributed by atoms with E-state index >= 15 is 0 Å². The van der Waals surface area contributed by atoms with Gasteiger partial charge >= 0.3 is 0 Å². The van der Waals surface area contributed by atoms with Crippen molar-refractivity contribution in [3.8, 4) is 0 Å². The van der Waals surface area contributed by atoms with Crippen molar-refractivity contribution in [1.82, 2.24) is 4.90 Å². The Bertz CT molecular complexity index is 431. The molecule has 0 saturated heterocycles. The first-order valence-electron chi connectivity index (χ1n) is 5.86. The highest BCUT2D eigenvalue weighted by Crippen LogP contribution is 2.30. The average molecular weight is 408 g/mol. The van der Waals surface area contributed by atoms with Gasteiger partial charge in [-0.3, -0.25) is 4.79 Å². The van der Waals surface area contributed by atoms with Crippen LogP contribution in [0.2, 0.25) is 0 Å². The van der Waals surface area contributed by atoms with Crippen LogP contribution in [-0.4, -0.2) is 23.9 Å². The van der Waals surface area contributed by atoms with Crippen LogP contribution in [0, 0.1) is 9.49 Å². The summed E-state index contributed by atoms with van der Waals surface area (Å²) in [6.45, 7) is 3.74. The first-order valence-corrected chi connectivity index (χ1v) is 7.73. The molecule has 4 heteroatoms. The molecule has 0 heterocycles. The Hall–Kier alpha value is -0.100. The third-order valence-electron chi connectivity index (χ3n) is 3.00. The molecule has 1 fully saturated rings. The second-order valence-electron chi connectivity index (χ2n) is 4.41. The number of hydrogen-bond acceptors (Lipinski definition) is 1. The molecular weight excluding hydrogens is 393 g/mol. The highest BCUT2D eigenvalue weighted by atomic mass is 127. The number of hydrogen-bond donors (Lipinski definition) is 0. The molecule has 0 atom stereocenters. The molecule has 1 aromatic carbocycles. The smallest absolute Gasteiger partial charge is 0.255 e. The number of carbonyl (C=O) groups is 1. The van der Waals surface area contributed by atoms with E-state index in [0.717, 1.165) is 32.6 Å². The molecule has 92 valence electrons. The van der Waals surface area contributed by atoms with Crippen LogP contribution in [0.15, 0.2) is 22.7 Å². The summed E-state index contributed by atoms with van der Waals surface area (Å²) in [4.78, 5) is 14.4. The zero-order valence-electron chi connectivity index (χ0n) is 9.75. The van der Waals surface area contributed by atoms with Crippen molar-refractivity contribution in [2.24, 2.45) is 5.92 Å². The maximum Gasteiger partial charge on any atom is 0.255 e. The fraction of sp³-hybridized carbons (Fsp3) is 0.462. The Balaban J connectivity index is 2.18. The molecule has 0 unspecified atom stereocenters. The van der Waals surface area contributed by atoms with Gasteiger partial charge < -0.3 is 4.90 Å². The standard InChI is InChI=1S/C13H15BrINO/c1-2-16(8-9-3-4-9)13(17)11-7-10(15)5-6-12(11)14/h5-7,9H,2-4,8H2,1H3. The lowest BCUT2D eigenvalue weighted by Gasteiger charge is -2.21.